The van der Waals surface area contributed by atoms with Gasteiger partial charge in [-0.2, -0.15) is 11.8 Å². The van der Waals surface area contributed by atoms with E-state index in [0.717, 1.165) is 13.0 Å². The molecule has 2 aliphatic heterocycles. The molecule has 2 rings (SSSR count). The number of hydrogen-bond acceptors (Lipinski definition) is 3. The highest BCUT2D eigenvalue weighted by molar-refractivity contribution is 7.99. The first-order valence-corrected chi connectivity index (χ1v) is 6.68. The highest BCUT2D eigenvalue weighted by atomic mass is 32.2. The monoisotopic (exact) mass is 215 g/mol. The second kappa shape index (κ2) is 3.69. The van der Waals surface area contributed by atoms with E-state index in [1.165, 1.54) is 24.3 Å². The molecule has 2 fully saturated rings. The maximum atomic E-state index is 6.20. The molecule has 1 spiro atoms. The van der Waals surface area contributed by atoms with Gasteiger partial charge >= 0.3 is 0 Å². The van der Waals surface area contributed by atoms with Crippen LogP contribution in [0.5, 0.6) is 0 Å². The van der Waals surface area contributed by atoms with Crippen molar-refractivity contribution in [2.75, 3.05) is 18.1 Å². The van der Waals surface area contributed by atoms with E-state index in [4.69, 9.17) is 10.5 Å². The molecular weight excluding hydrogens is 194 g/mol. The molecule has 3 heteroatoms. The van der Waals surface area contributed by atoms with E-state index < -0.39 is 0 Å². The predicted octanol–water partition coefficient (Wildman–Crippen LogP) is 2.03. The lowest BCUT2D eigenvalue weighted by Gasteiger charge is -2.43. The second-order valence-electron chi connectivity index (χ2n) is 5.35. The molecule has 0 radical (unpaired) electrons. The molecule has 0 aliphatic carbocycles. The van der Waals surface area contributed by atoms with Crippen LogP contribution in [0.15, 0.2) is 0 Å². The summed E-state index contributed by atoms with van der Waals surface area (Å²) in [5.41, 5.74) is 6.35. The Morgan fingerprint density at radius 2 is 2.29 bits per heavy atom. The van der Waals surface area contributed by atoms with Gasteiger partial charge in [-0.05, 0) is 44.8 Å². The Balaban J connectivity index is 2.03. The Morgan fingerprint density at radius 1 is 1.50 bits per heavy atom. The van der Waals surface area contributed by atoms with Crippen LogP contribution in [0.1, 0.15) is 33.1 Å². The Bertz CT molecular complexity index is 206. The largest absolute Gasteiger partial charge is 0.374 e. The fourth-order valence-corrected chi connectivity index (χ4v) is 3.90. The second-order valence-corrected chi connectivity index (χ2v) is 6.45. The van der Waals surface area contributed by atoms with Crippen molar-refractivity contribution < 1.29 is 4.74 Å². The summed E-state index contributed by atoms with van der Waals surface area (Å²) in [4.78, 5) is 0. The normalized spacial score (nSPS) is 39.2. The maximum Gasteiger partial charge on any atom is 0.0783 e. The molecule has 0 saturated carbocycles. The molecule has 2 aliphatic rings. The van der Waals surface area contributed by atoms with E-state index in [1.807, 2.05) is 11.8 Å². The summed E-state index contributed by atoms with van der Waals surface area (Å²) in [6, 6.07) is 0. The van der Waals surface area contributed by atoms with Gasteiger partial charge in [0.2, 0.25) is 0 Å². The molecule has 2 heterocycles. The molecule has 2 atom stereocenters. The zero-order valence-corrected chi connectivity index (χ0v) is 10.0. The van der Waals surface area contributed by atoms with E-state index in [-0.39, 0.29) is 11.1 Å². The summed E-state index contributed by atoms with van der Waals surface area (Å²) in [5.74, 6) is 3.08. The molecule has 0 aromatic heterocycles. The average Bonchev–Trinajstić information content (AvgIpc) is 2.52. The van der Waals surface area contributed by atoms with Crippen LogP contribution in [0.2, 0.25) is 0 Å². The van der Waals surface area contributed by atoms with Crippen LogP contribution < -0.4 is 5.73 Å². The van der Waals surface area contributed by atoms with Crippen LogP contribution in [0, 0.1) is 5.92 Å². The van der Waals surface area contributed by atoms with Gasteiger partial charge < -0.3 is 10.5 Å². The van der Waals surface area contributed by atoms with Gasteiger partial charge in [0.1, 0.15) is 0 Å². The van der Waals surface area contributed by atoms with E-state index in [1.54, 1.807) is 0 Å². The lowest BCUT2D eigenvalue weighted by molar-refractivity contribution is -0.0895. The highest BCUT2D eigenvalue weighted by Crippen LogP contribution is 2.42. The van der Waals surface area contributed by atoms with Crippen molar-refractivity contribution in [3.05, 3.63) is 0 Å². The van der Waals surface area contributed by atoms with Crippen molar-refractivity contribution in [2.45, 2.75) is 44.2 Å². The average molecular weight is 215 g/mol. The van der Waals surface area contributed by atoms with E-state index >= 15 is 0 Å². The molecule has 82 valence electrons. The molecule has 2 saturated heterocycles. The zero-order valence-electron chi connectivity index (χ0n) is 9.21. The SMILES string of the molecule is CC(C)(N)C1CCOC2(CCSC2)C1. The quantitative estimate of drug-likeness (QED) is 0.727. The molecule has 0 amide bonds. The van der Waals surface area contributed by atoms with Crippen LogP contribution in [-0.2, 0) is 4.74 Å². The number of ether oxygens (including phenoxy) is 1. The minimum Gasteiger partial charge on any atom is -0.374 e. The van der Waals surface area contributed by atoms with Gasteiger partial charge in [-0.1, -0.05) is 0 Å². The lowest BCUT2D eigenvalue weighted by Crippen LogP contribution is -2.50. The minimum atomic E-state index is -0.0377. The minimum absolute atomic E-state index is 0.0377. The van der Waals surface area contributed by atoms with Gasteiger partial charge in [-0.25, -0.2) is 0 Å². The molecule has 0 aromatic rings. The van der Waals surface area contributed by atoms with Gasteiger partial charge in [0.25, 0.3) is 0 Å². The first-order valence-electron chi connectivity index (χ1n) is 5.52. The molecule has 2 unspecified atom stereocenters. The standard InChI is InChI=1S/C11H21NOS/c1-10(2,12)9-3-5-13-11(7-9)4-6-14-8-11/h9H,3-8,12H2,1-2H3. The first-order chi connectivity index (χ1) is 6.52. The van der Waals surface area contributed by atoms with Gasteiger partial charge in [-0.3, -0.25) is 0 Å². The molecule has 0 bridgehead atoms. The Morgan fingerprint density at radius 3 is 2.86 bits per heavy atom. The van der Waals surface area contributed by atoms with Crippen molar-refractivity contribution in [1.82, 2.24) is 0 Å². The van der Waals surface area contributed by atoms with Crippen molar-refractivity contribution in [1.29, 1.82) is 0 Å². The van der Waals surface area contributed by atoms with E-state index in [2.05, 4.69) is 13.8 Å². The topological polar surface area (TPSA) is 35.2 Å². The fraction of sp³-hybridized carbons (Fsp3) is 1.00. The highest BCUT2D eigenvalue weighted by Gasteiger charge is 2.43. The predicted molar refractivity (Wildman–Crippen MR) is 61.6 cm³/mol. The molecule has 14 heavy (non-hydrogen) atoms. The lowest BCUT2D eigenvalue weighted by atomic mass is 9.76. The summed E-state index contributed by atoms with van der Waals surface area (Å²) in [6.45, 7) is 5.21. The summed E-state index contributed by atoms with van der Waals surface area (Å²) in [6.07, 6.45) is 3.53. The summed E-state index contributed by atoms with van der Waals surface area (Å²) in [5, 5.41) is 0. The van der Waals surface area contributed by atoms with Gasteiger partial charge in [0, 0.05) is 17.9 Å². The van der Waals surface area contributed by atoms with E-state index in [0.29, 0.717) is 5.92 Å². The first kappa shape index (κ1) is 10.8. The number of hydrogen-bond donors (Lipinski definition) is 1. The van der Waals surface area contributed by atoms with Crippen molar-refractivity contribution in [2.24, 2.45) is 11.7 Å². The van der Waals surface area contributed by atoms with Crippen LogP contribution in [0.3, 0.4) is 0 Å². The van der Waals surface area contributed by atoms with E-state index in [9.17, 15) is 0 Å². The third-order valence-electron chi connectivity index (χ3n) is 3.61. The molecule has 2 N–H and O–H groups in total. The number of nitrogens with two attached hydrogens (primary N) is 1. The number of rotatable bonds is 1. The van der Waals surface area contributed by atoms with Crippen molar-refractivity contribution >= 4 is 11.8 Å². The smallest absolute Gasteiger partial charge is 0.0783 e. The zero-order chi connectivity index (χ0) is 10.2. The van der Waals surface area contributed by atoms with Crippen LogP contribution in [0.25, 0.3) is 0 Å². The summed E-state index contributed by atoms with van der Waals surface area (Å²) in [7, 11) is 0. The Hall–Kier alpha value is 0.270. The Kier molecular flexibility index (Phi) is 2.84. The van der Waals surface area contributed by atoms with Crippen LogP contribution >= 0.6 is 11.8 Å². The summed E-state index contributed by atoms with van der Waals surface area (Å²) >= 11 is 2.03. The van der Waals surface area contributed by atoms with Gasteiger partial charge in [0.15, 0.2) is 0 Å². The molecular formula is C11H21NOS. The van der Waals surface area contributed by atoms with Crippen LogP contribution in [-0.4, -0.2) is 29.3 Å². The Labute approximate surface area is 91.0 Å². The summed E-state index contributed by atoms with van der Waals surface area (Å²) < 4.78 is 5.98. The third kappa shape index (κ3) is 2.10. The van der Waals surface area contributed by atoms with Gasteiger partial charge in [0.05, 0.1) is 5.60 Å². The van der Waals surface area contributed by atoms with Crippen molar-refractivity contribution in [3.63, 3.8) is 0 Å². The fourth-order valence-electron chi connectivity index (χ4n) is 2.53. The maximum absolute atomic E-state index is 6.20. The van der Waals surface area contributed by atoms with Gasteiger partial charge in [-0.15, -0.1) is 0 Å². The molecule has 0 aromatic carbocycles. The van der Waals surface area contributed by atoms with Crippen molar-refractivity contribution in [3.8, 4) is 0 Å². The molecule has 2 nitrogen and oxygen atoms in total. The third-order valence-corrected chi connectivity index (χ3v) is 4.84. The van der Waals surface area contributed by atoms with Crippen LogP contribution in [0.4, 0.5) is 0 Å². The number of thioether (sulfide) groups is 1.